The number of nitrogens with zero attached hydrogens (tertiary/aromatic N) is 1. The molecule has 112 valence electrons. The van der Waals surface area contributed by atoms with Crippen LogP contribution in [0.5, 0.6) is 0 Å². The van der Waals surface area contributed by atoms with E-state index in [9.17, 15) is 0 Å². The summed E-state index contributed by atoms with van der Waals surface area (Å²) in [5, 5.41) is 6.42. The summed E-state index contributed by atoms with van der Waals surface area (Å²) < 4.78 is 0. The van der Waals surface area contributed by atoms with Gasteiger partial charge in [0, 0.05) is 36.7 Å². The van der Waals surface area contributed by atoms with Gasteiger partial charge in [0.15, 0.2) is 0 Å². The van der Waals surface area contributed by atoms with Crippen LogP contribution in [0.3, 0.4) is 0 Å². The fourth-order valence-electron chi connectivity index (χ4n) is 3.47. The van der Waals surface area contributed by atoms with Crippen LogP contribution in [0.2, 0.25) is 0 Å². The number of likely N-dealkylation sites (N-methyl/N-ethyl adjacent to an activating group) is 1. The van der Waals surface area contributed by atoms with E-state index in [1.807, 2.05) is 0 Å². The Hall–Kier alpha value is -1.54. The average Bonchev–Trinajstić information content (AvgIpc) is 3.05. The van der Waals surface area contributed by atoms with Crippen LogP contribution in [0.25, 0.3) is 10.8 Å². The molecule has 0 heterocycles. The molecular weight excluding hydrogens is 256 g/mol. The van der Waals surface area contributed by atoms with E-state index in [-0.39, 0.29) is 0 Å². The van der Waals surface area contributed by atoms with Crippen molar-refractivity contribution in [3.63, 3.8) is 0 Å². The minimum Gasteiger partial charge on any atom is -0.370 e. The van der Waals surface area contributed by atoms with Crippen LogP contribution in [-0.2, 0) is 0 Å². The van der Waals surface area contributed by atoms with Crippen LogP contribution < -0.4 is 10.2 Å². The Morgan fingerprint density at radius 3 is 2.62 bits per heavy atom. The number of hydrogen-bond acceptors (Lipinski definition) is 2. The second-order valence-electron chi connectivity index (χ2n) is 6.01. The number of benzene rings is 2. The zero-order valence-electron chi connectivity index (χ0n) is 13.0. The summed E-state index contributed by atoms with van der Waals surface area (Å²) >= 11 is 0. The summed E-state index contributed by atoms with van der Waals surface area (Å²) in [6.45, 7) is 5.47. The third-order valence-electron chi connectivity index (χ3n) is 4.66. The first kappa shape index (κ1) is 14.4. The highest BCUT2D eigenvalue weighted by atomic mass is 15.1. The highest BCUT2D eigenvalue weighted by Gasteiger charge is 2.14. The maximum Gasteiger partial charge on any atom is 0.0446 e. The van der Waals surface area contributed by atoms with Crippen molar-refractivity contribution >= 4 is 16.5 Å². The molecule has 2 heteroatoms. The van der Waals surface area contributed by atoms with Crippen LogP contribution in [0.4, 0.5) is 5.69 Å². The summed E-state index contributed by atoms with van der Waals surface area (Å²) in [6, 6.07) is 16.1. The quantitative estimate of drug-likeness (QED) is 0.854. The Morgan fingerprint density at radius 1 is 1.05 bits per heavy atom. The van der Waals surface area contributed by atoms with Gasteiger partial charge in [0.25, 0.3) is 0 Å². The van der Waals surface area contributed by atoms with Gasteiger partial charge in [-0.05, 0) is 31.2 Å². The Morgan fingerprint density at radius 2 is 1.81 bits per heavy atom. The van der Waals surface area contributed by atoms with Crippen LogP contribution in [0.15, 0.2) is 42.5 Å². The van der Waals surface area contributed by atoms with Gasteiger partial charge < -0.3 is 10.2 Å². The molecular formula is C19H26N2. The summed E-state index contributed by atoms with van der Waals surface area (Å²) in [4.78, 5) is 2.49. The van der Waals surface area contributed by atoms with E-state index in [1.165, 1.54) is 42.1 Å². The third kappa shape index (κ3) is 3.38. The predicted molar refractivity (Wildman–Crippen MR) is 92.1 cm³/mol. The zero-order valence-corrected chi connectivity index (χ0v) is 13.0. The van der Waals surface area contributed by atoms with Crippen molar-refractivity contribution < 1.29 is 0 Å². The molecule has 0 atom stereocenters. The fraction of sp³-hybridized carbons (Fsp3) is 0.474. The van der Waals surface area contributed by atoms with Gasteiger partial charge in [-0.15, -0.1) is 0 Å². The lowest BCUT2D eigenvalue weighted by molar-refractivity contribution is 0.525. The fourth-order valence-corrected chi connectivity index (χ4v) is 3.47. The van der Waals surface area contributed by atoms with Gasteiger partial charge in [0.05, 0.1) is 0 Å². The Kier molecular flexibility index (Phi) is 4.76. The second-order valence-corrected chi connectivity index (χ2v) is 6.01. The molecule has 0 aromatic heterocycles. The van der Waals surface area contributed by atoms with Gasteiger partial charge in [-0.3, -0.25) is 0 Å². The molecule has 0 unspecified atom stereocenters. The largest absolute Gasteiger partial charge is 0.370 e. The number of nitrogens with one attached hydrogen (secondary N) is 1. The molecule has 1 aliphatic carbocycles. The van der Waals surface area contributed by atoms with Crippen molar-refractivity contribution in [2.75, 3.05) is 24.5 Å². The second kappa shape index (κ2) is 6.95. The Balaban J connectivity index is 1.69. The van der Waals surface area contributed by atoms with Crippen molar-refractivity contribution in [1.82, 2.24) is 5.32 Å². The van der Waals surface area contributed by atoms with E-state index >= 15 is 0 Å². The van der Waals surface area contributed by atoms with Gasteiger partial charge in [-0.2, -0.15) is 0 Å². The average molecular weight is 282 g/mol. The summed E-state index contributed by atoms with van der Waals surface area (Å²) in [6.07, 6.45) is 5.53. The first-order valence-electron chi connectivity index (χ1n) is 8.34. The van der Waals surface area contributed by atoms with Crippen LogP contribution in [-0.4, -0.2) is 25.7 Å². The van der Waals surface area contributed by atoms with E-state index in [0.717, 1.165) is 25.7 Å². The van der Waals surface area contributed by atoms with Crippen molar-refractivity contribution in [2.24, 2.45) is 0 Å². The molecule has 0 spiro atoms. The van der Waals surface area contributed by atoms with E-state index in [1.54, 1.807) is 0 Å². The molecule has 1 fully saturated rings. The first-order valence-corrected chi connectivity index (χ1v) is 8.34. The molecule has 2 nitrogen and oxygen atoms in total. The van der Waals surface area contributed by atoms with Crippen molar-refractivity contribution in [1.29, 1.82) is 0 Å². The highest BCUT2D eigenvalue weighted by Crippen LogP contribution is 2.26. The molecule has 0 amide bonds. The van der Waals surface area contributed by atoms with Crippen LogP contribution in [0.1, 0.15) is 32.6 Å². The molecule has 0 radical (unpaired) electrons. The maximum absolute atomic E-state index is 3.72. The molecule has 2 aromatic carbocycles. The molecule has 2 aromatic rings. The Labute approximate surface area is 128 Å². The molecule has 1 aliphatic rings. The first-order chi connectivity index (χ1) is 10.4. The molecule has 0 bridgehead atoms. The number of hydrogen-bond donors (Lipinski definition) is 1. The third-order valence-corrected chi connectivity index (χ3v) is 4.66. The summed E-state index contributed by atoms with van der Waals surface area (Å²) in [7, 11) is 0. The van der Waals surface area contributed by atoms with Gasteiger partial charge in [0.2, 0.25) is 0 Å². The minimum atomic E-state index is 0.760. The van der Waals surface area contributed by atoms with Gasteiger partial charge in [-0.25, -0.2) is 0 Å². The SMILES string of the molecule is CCN(CCNC1CCCC1)c1cccc2ccccc12. The monoisotopic (exact) mass is 282 g/mol. The van der Waals surface area contributed by atoms with Gasteiger partial charge >= 0.3 is 0 Å². The number of fused-ring (bicyclic) bond motifs is 1. The van der Waals surface area contributed by atoms with Gasteiger partial charge in [-0.1, -0.05) is 49.2 Å². The zero-order chi connectivity index (χ0) is 14.5. The molecule has 21 heavy (non-hydrogen) atoms. The van der Waals surface area contributed by atoms with Crippen molar-refractivity contribution in [3.05, 3.63) is 42.5 Å². The lowest BCUT2D eigenvalue weighted by atomic mass is 10.1. The van der Waals surface area contributed by atoms with E-state index in [2.05, 4.69) is 59.6 Å². The summed E-state index contributed by atoms with van der Waals surface area (Å²) in [5.74, 6) is 0. The topological polar surface area (TPSA) is 15.3 Å². The minimum absolute atomic E-state index is 0.760. The van der Waals surface area contributed by atoms with E-state index in [0.29, 0.717) is 0 Å². The van der Waals surface area contributed by atoms with E-state index in [4.69, 9.17) is 0 Å². The van der Waals surface area contributed by atoms with Gasteiger partial charge in [0.1, 0.15) is 0 Å². The molecule has 1 N–H and O–H groups in total. The lowest BCUT2D eigenvalue weighted by Gasteiger charge is -2.25. The molecule has 0 saturated heterocycles. The van der Waals surface area contributed by atoms with Crippen LogP contribution >= 0.6 is 0 Å². The normalized spacial score (nSPS) is 15.7. The predicted octanol–water partition coefficient (Wildman–Crippen LogP) is 4.20. The highest BCUT2D eigenvalue weighted by molar-refractivity contribution is 5.94. The van der Waals surface area contributed by atoms with Crippen LogP contribution in [0, 0.1) is 0 Å². The maximum atomic E-state index is 3.72. The smallest absolute Gasteiger partial charge is 0.0446 e. The standard InChI is InChI=1S/C19H26N2/c1-2-21(15-14-20-17-10-4-5-11-17)19-13-7-9-16-8-3-6-12-18(16)19/h3,6-9,12-13,17,20H,2,4-5,10-11,14-15H2,1H3. The number of anilines is 1. The van der Waals surface area contributed by atoms with E-state index < -0.39 is 0 Å². The molecule has 0 aliphatic heterocycles. The molecule has 3 rings (SSSR count). The lowest BCUT2D eigenvalue weighted by Crippen LogP contribution is -2.36. The molecule has 1 saturated carbocycles. The Bertz CT molecular complexity index is 567. The van der Waals surface area contributed by atoms with Crippen molar-refractivity contribution in [3.8, 4) is 0 Å². The number of rotatable bonds is 6. The summed E-state index contributed by atoms with van der Waals surface area (Å²) in [5.41, 5.74) is 1.36. The van der Waals surface area contributed by atoms with Crippen molar-refractivity contribution in [2.45, 2.75) is 38.6 Å².